The lowest BCUT2D eigenvalue weighted by Crippen LogP contribution is -2.41. The molecule has 0 bridgehead atoms. The summed E-state index contributed by atoms with van der Waals surface area (Å²) in [7, 11) is 0. The van der Waals surface area contributed by atoms with Gasteiger partial charge in [0, 0.05) is 25.0 Å². The quantitative estimate of drug-likeness (QED) is 0.799. The van der Waals surface area contributed by atoms with Gasteiger partial charge in [-0.2, -0.15) is 0 Å². The molecule has 0 fully saturated rings. The van der Waals surface area contributed by atoms with E-state index < -0.39 is 0 Å². The van der Waals surface area contributed by atoms with Gasteiger partial charge in [-0.15, -0.1) is 0 Å². The van der Waals surface area contributed by atoms with Crippen LogP contribution in [-0.4, -0.2) is 17.1 Å². The number of amides is 2. The Bertz CT molecular complexity index is 309. The van der Waals surface area contributed by atoms with Gasteiger partial charge < -0.3 is 10.6 Å². The summed E-state index contributed by atoms with van der Waals surface area (Å²) in [5.41, 5.74) is 1.05. The summed E-state index contributed by atoms with van der Waals surface area (Å²) in [6.45, 7) is 4.67. The molecule has 4 heteroatoms. The van der Waals surface area contributed by atoms with Gasteiger partial charge in [-0.25, -0.2) is 4.79 Å². The molecule has 1 aromatic heterocycles. The highest BCUT2D eigenvalue weighted by atomic mass is 16.2. The maximum Gasteiger partial charge on any atom is 0.315 e. The van der Waals surface area contributed by atoms with Crippen molar-refractivity contribution in [1.29, 1.82) is 0 Å². The first-order valence-corrected chi connectivity index (χ1v) is 5.69. The maximum absolute atomic E-state index is 11.5. The Morgan fingerprint density at radius 1 is 1.31 bits per heavy atom. The van der Waals surface area contributed by atoms with Crippen LogP contribution in [0.15, 0.2) is 24.5 Å². The topological polar surface area (TPSA) is 54.0 Å². The Morgan fingerprint density at radius 2 is 1.94 bits per heavy atom. The largest absolute Gasteiger partial charge is 0.335 e. The zero-order valence-corrected chi connectivity index (χ0v) is 9.86. The van der Waals surface area contributed by atoms with Gasteiger partial charge in [0.15, 0.2) is 0 Å². The average Bonchev–Trinajstić information content (AvgIpc) is 2.34. The third kappa shape index (κ3) is 4.29. The van der Waals surface area contributed by atoms with Crippen LogP contribution in [0, 0.1) is 0 Å². The molecule has 1 heterocycles. The Hall–Kier alpha value is -1.58. The molecule has 0 aliphatic heterocycles. The van der Waals surface area contributed by atoms with Crippen LogP contribution >= 0.6 is 0 Å². The summed E-state index contributed by atoms with van der Waals surface area (Å²) in [5, 5.41) is 5.74. The Balaban J connectivity index is 2.30. The predicted molar refractivity (Wildman–Crippen MR) is 64.0 cm³/mol. The lowest BCUT2D eigenvalue weighted by molar-refractivity contribution is 0.235. The highest BCUT2D eigenvalue weighted by Gasteiger charge is 2.06. The van der Waals surface area contributed by atoms with Gasteiger partial charge in [-0.3, -0.25) is 4.98 Å². The van der Waals surface area contributed by atoms with Crippen molar-refractivity contribution in [2.75, 3.05) is 0 Å². The number of carbonyl (C=O) groups is 1. The van der Waals surface area contributed by atoms with Gasteiger partial charge in [0.25, 0.3) is 0 Å². The molecule has 2 N–H and O–H groups in total. The van der Waals surface area contributed by atoms with Crippen molar-refractivity contribution in [3.05, 3.63) is 30.1 Å². The van der Waals surface area contributed by atoms with Crippen LogP contribution in [0.25, 0.3) is 0 Å². The summed E-state index contributed by atoms with van der Waals surface area (Å²) >= 11 is 0. The minimum atomic E-state index is -0.106. The minimum absolute atomic E-state index is 0.106. The third-order valence-electron chi connectivity index (χ3n) is 2.52. The predicted octanol–water partition coefficient (Wildman–Crippen LogP) is 2.07. The van der Waals surface area contributed by atoms with E-state index in [2.05, 4.69) is 29.5 Å². The smallest absolute Gasteiger partial charge is 0.315 e. The molecule has 0 saturated carbocycles. The van der Waals surface area contributed by atoms with E-state index in [1.807, 2.05) is 12.1 Å². The molecular formula is C12H19N3O. The van der Waals surface area contributed by atoms with Crippen molar-refractivity contribution in [2.24, 2.45) is 0 Å². The standard InChI is InChI=1S/C12H19N3O/c1-3-11(4-2)15-12(16)14-9-10-5-7-13-8-6-10/h5-8,11H,3-4,9H2,1-2H3,(H2,14,15,16). The second-order valence-electron chi connectivity index (χ2n) is 3.70. The van der Waals surface area contributed by atoms with E-state index >= 15 is 0 Å². The minimum Gasteiger partial charge on any atom is -0.335 e. The lowest BCUT2D eigenvalue weighted by Gasteiger charge is -2.15. The number of rotatable bonds is 5. The van der Waals surface area contributed by atoms with Crippen molar-refractivity contribution in [2.45, 2.75) is 39.3 Å². The van der Waals surface area contributed by atoms with E-state index in [4.69, 9.17) is 0 Å². The van der Waals surface area contributed by atoms with Gasteiger partial charge in [0.1, 0.15) is 0 Å². The lowest BCUT2D eigenvalue weighted by atomic mass is 10.2. The summed E-state index contributed by atoms with van der Waals surface area (Å²) in [5.74, 6) is 0. The second kappa shape index (κ2) is 6.82. The number of hydrogen-bond acceptors (Lipinski definition) is 2. The van der Waals surface area contributed by atoms with Gasteiger partial charge in [0.05, 0.1) is 0 Å². The zero-order chi connectivity index (χ0) is 11.8. The molecule has 0 aliphatic carbocycles. The van der Waals surface area contributed by atoms with Crippen LogP contribution in [0.4, 0.5) is 4.79 Å². The SMILES string of the molecule is CCC(CC)NC(=O)NCc1ccncc1. The molecule has 0 aliphatic rings. The van der Waals surface area contributed by atoms with Crippen molar-refractivity contribution in [3.8, 4) is 0 Å². The number of nitrogens with one attached hydrogen (secondary N) is 2. The van der Waals surface area contributed by atoms with Crippen molar-refractivity contribution in [1.82, 2.24) is 15.6 Å². The van der Waals surface area contributed by atoms with Crippen molar-refractivity contribution >= 4 is 6.03 Å². The Kier molecular flexibility index (Phi) is 5.32. The summed E-state index contributed by atoms with van der Waals surface area (Å²) in [4.78, 5) is 15.4. The molecule has 0 atom stereocenters. The first-order chi connectivity index (χ1) is 7.76. The maximum atomic E-state index is 11.5. The number of carbonyl (C=O) groups excluding carboxylic acids is 1. The molecule has 0 unspecified atom stereocenters. The number of pyridine rings is 1. The molecule has 0 radical (unpaired) electrons. The highest BCUT2D eigenvalue weighted by molar-refractivity contribution is 5.74. The van der Waals surface area contributed by atoms with Gasteiger partial charge in [-0.1, -0.05) is 13.8 Å². The van der Waals surface area contributed by atoms with Crippen LogP contribution in [-0.2, 0) is 6.54 Å². The van der Waals surface area contributed by atoms with E-state index in [0.29, 0.717) is 6.54 Å². The van der Waals surface area contributed by atoms with Crippen molar-refractivity contribution < 1.29 is 4.79 Å². The van der Waals surface area contributed by atoms with Gasteiger partial charge in [-0.05, 0) is 30.5 Å². The fourth-order valence-corrected chi connectivity index (χ4v) is 1.41. The van der Waals surface area contributed by atoms with E-state index in [-0.39, 0.29) is 12.1 Å². The van der Waals surface area contributed by atoms with E-state index in [0.717, 1.165) is 18.4 Å². The number of urea groups is 1. The number of aromatic nitrogens is 1. The molecular weight excluding hydrogens is 202 g/mol. The molecule has 0 saturated heterocycles. The molecule has 4 nitrogen and oxygen atoms in total. The first-order valence-electron chi connectivity index (χ1n) is 5.69. The van der Waals surface area contributed by atoms with Crippen molar-refractivity contribution in [3.63, 3.8) is 0 Å². The first kappa shape index (κ1) is 12.5. The van der Waals surface area contributed by atoms with E-state index in [9.17, 15) is 4.79 Å². The van der Waals surface area contributed by atoms with Crippen LogP contribution in [0.2, 0.25) is 0 Å². The summed E-state index contributed by atoms with van der Waals surface area (Å²) < 4.78 is 0. The Morgan fingerprint density at radius 3 is 2.50 bits per heavy atom. The molecule has 2 amide bonds. The zero-order valence-electron chi connectivity index (χ0n) is 9.86. The Labute approximate surface area is 96.5 Å². The monoisotopic (exact) mass is 221 g/mol. The van der Waals surface area contributed by atoms with Crippen LogP contribution < -0.4 is 10.6 Å². The number of nitrogens with zero attached hydrogens (tertiary/aromatic N) is 1. The van der Waals surface area contributed by atoms with Crippen LogP contribution in [0.5, 0.6) is 0 Å². The fourth-order valence-electron chi connectivity index (χ4n) is 1.41. The molecule has 0 spiro atoms. The highest BCUT2D eigenvalue weighted by Crippen LogP contribution is 1.97. The third-order valence-corrected chi connectivity index (χ3v) is 2.52. The molecule has 1 aromatic rings. The van der Waals surface area contributed by atoms with Gasteiger partial charge in [0.2, 0.25) is 0 Å². The second-order valence-corrected chi connectivity index (χ2v) is 3.70. The fraction of sp³-hybridized carbons (Fsp3) is 0.500. The van der Waals surface area contributed by atoms with E-state index in [1.54, 1.807) is 12.4 Å². The molecule has 88 valence electrons. The number of hydrogen-bond donors (Lipinski definition) is 2. The summed E-state index contributed by atoms with van der Waals surface area (Å²) in [6.07, 6.45) is 5.35. The average molecular weight is 221 g/mol. The van der Waals surface area contributed by atoms with Crippen LogP contribution in [0.3, 0.4) is 0 Å². The summed E-state index contributed by atoms with van der Waals surface area (Å²) in [6, 6.07) is 3.93. The van der Waals surface area contributed by atoms with Crippen LogP contribution in [0.1, 0.15) is 32.3 Å². The molecule has 1 rings (SSSR count). The molecule has 0 aromatic carbocycles. The normalized spacial score (nSPS) is 10.2. The van der Waals surface area contributed by atoms with E-state index in [1.165, 1.54) is 0 Å². The van der Waals surface area contributed by atoms with Gasteiger partial charge >= 0.3 is 6.03 Å². The molecule has 16 heavy (non-hydrogen) atoms.